The van der Waals surface area contributed by atoms with E-state index in [4.69, 9.17) is 5.84 Å². The van der Waals surface area contributed by atoms with Gasteiger partial charge in [-0.2, -0.15) is 0 Å². The van der Waals surface area contributed by atoms with Crippen LogP contribution < -0.4 is 11.3 Å². The zero-order valence-electron chi connectivity index (χ0n) is 9.95. The van der Waals surface area contributed by atoms with Crippen molar-refractivity contribution in [1.82, 2.24) is 5.43 Å². The second kappa shape index (κ2) is 5.42. The highest BCUT2D eigenvalue weighted by atomic mass is 19.2. The average molecular weight is 280 g/mol. The normalized spacial score (nSPS) is 17.4. The van der Waals surface area contributed by atoms with Crippen molar-refractivity contribution in [3.05, 3.63) is 34.6 Å². The molecule has 7 heteroatoms. The van der Waals surface area contributed by atoms with Crippen LogP contribution in [0, 0.1) is 35.0 Å². The lowest BCUT2D eigenvalue weighted by Gasteiger charge is -2.29. The topological polar surface area (TPSA) is 38.0 Å². The summed E-state index contributed by atoms with van der Waals surface area (Å²) >= 11 is 0. The lowest BCUT2D eigenvalue weighted by molar-refractivity contribution is 0.252. The van der Waals surface area contributed by atoms with Crippen molar-refractivity contribution < 1.29 is 22.0 Å². The SMILES string of the molecule is NNC(CC1CCC1)c1c(F)c(F)c(F)c(F)c1F. The zero-order chi connectivity index (χ0) is 14.2. The van der Waals surface area contributed by atoms with Crippen LogP contribution in [0.5, 0.6) is 0 Å². The third-order valence-electron chi connectivity index (χ3n) is 3.59. The molecule has 19 heavy (non-hydrogen) atoms. The Morgan fingerprint density at radius 2 is 1.42 bits per heavy atom. The predicted octanol–water partition coefficient (Wildman–Crippen LogP) is 3.08. The molecule has 0 amide bonds. The molecule has 2 rings (SSSR count). The Labute approximate surface area is 106 Å². The molecule has 1 fully saturated rings. The fourth-order valence-electron chi connectivity index (χ4n) is 2.26. The zero-order valence-corrected chi connectivity index (χ0v) is 9.95. The second-order valence-electron chi connectivity index (χ2n) is 4.74. The molecule has 0 bridgehead atoms. The maximum atomic E-state index is 13.6. The van der Waals surface area contributed by atoms with E-state index in [1.54, 1.807) is 0 Å². The number of halogens is 5. The Balaban J connectivity index is 2.41. The Kier molecular flexibility index (Phi) is 4.05. The minimum Gasteiger partial charge on any atom is -0.271 e. The molecule has 2 nitrogen and oxygen atoms in total. The highest BCUT2D eigenvalue weighted by Crippen LogP contribution is 2.37. The van der Waals surface area contributed by atoms with Crippen LogP contribution in [0.3, 0.4) is 0 Å². The molecular formula is C12H13F5N2. The first kappa shape index (κ1) is 14.2. The van der Waals surface area contributed by atoms with Gasteiger partial charge in [-0.15, -0.1) is 0 Å². The van der Waals surface area contributed by atoms with Crippen LogP contribution in [0.2, 0.25) is 0 Å². The second-order valence-corrected chi connectivity index (χ2v) is 4.74. The summed E-state index contributed by atoms with van der Waals surface area (Å²) < 4.78 is 66.3. The smallest absolute Gasteiger partial charge is 0.200 e. The molecule has 0 saturated heterocycles. The molecule has 1 aliphatic carbocycles. The Morgan fingerprint density at radius 3 is 1.79 bits per heavy atom. The summed E-state index contributed by atoms with van der Waals surface area (Å²) in [6.07, 6.45) is 2.98. The maximum absolute atomic E-state index is 13.6. The van der Waals surface area contributed by atoms with E-state index in [0.717, 1.165) is 19.3 Å². The van der Waals surface area contributed by atoms with Gasteiger partial charge < -0.3 is 0 Å². The van der Waals surface area contributed by atoms with Gasteiger partial charge in [-0.3, -0.25) is 11.3 Å². The van der Waals surface area contributed by atoms with Crippen LogP contribution in [-0.2, 0) is 0 Å². The third-order valence-corrected chi connectivity index (χ3v) is 3.59. The fourth-order valence-corrected chi connectivity index (χ4v) is 2.26. The van der Waals surface area contributed by atoms with Gasteiger partial charge in [0.1, 0.15) is 0 Å². The first-order chi connectivity index (χ1) is 8.97. The van der Waals surface area contributed by atoms with E-state index in [0.29, 0.717) is 0 Å². The van der Waals surface area contributed by atoms with E-state index in [-0.39, 0.29) is 12.3 Å². The van der Waals surface area contributed by atoms with E-state index in [1.165, 1.54) is 0 Å². The van der Waals surface area contributed by atoms with E-state index >= 15 is 0 Å². The molecule has 0 aromatic heterocycles. The van der Waals surface area contributed by atoms with Crippen molar-refractivity contribution in [2.45, 2.75) is 31.7 Å². The predicted molar refractivity (Wildman–Crippen MR) is 58.3 cm³/mol. The molecule has 1 aromatic rings. The summed E-state index contributed by atoms with van der Waals surface area (Å²) in [4.78, 5) is 0. The molecule has 106 valence electrons. The maximum Gasteiger partial charge on any atom is 0.200 e. The number of benzene rings is 1. The van der Waals surface area contributed by atoms with Gasteiger partial charge >= 0.3 is 0 Å². The summed E-state index contributed by atoms with van der Waals surface area (Å²) in [5.41, 5.74) is 1.25. The molecule has 3 N–H and O–H groups in total. The van der Waals surface area contributed by atoms with Crippen molar-refractivity contribution in [2.24, 2.45) is 11.8 Å². The molecule has 0 heterocycles. The third kappa shape index (κ3) is 2.44. The van der Waals surface area contributed by atoms with Gasteiger partial charge in [-0.1, -0.05) is 19.3 Å². The Morgan fingerprint density at radius 1 is 0.947 bits per heavy atom. The number of hydrogen-bond acceptors (Lipinski definition) is 2. The first-order valence-corrected chi connectivity index (χ1v) is 5.94. The van der Waals surface area contributed by atoms with E-state index in [1.807, 2.05) is 0 Å². The van der Waals surface area contributed by atoms with Gasteiger partial charge in [0.15, 0.2) is 23.3 Å². The highest BCUT2D eigenvalue weighted by molar-refractivity contribution is 5.27. The number of hydrogen-bond donors (Lipinski definition) is 2. The van der Waals surface area contributed by atoms with Gasteiger partial charge in [0.05, 0.1) is 6.04 Å². The standard InChI is InChI=1S/C12H13F5N2/c13-8-7(6(19-18)4-5-2-1-3-5)9(14)11(16)12(17)10(8)15/h5-6,19H,1-4,18H2. The number of nitrogens with one attached hydrogen (secondary N) is 1. The average Bonchev–Trinajstić information content (AvgIpc) is 2.35. The van der Waals surface area contributed by atoms with E-state index < -0.39 is 40.7 Å². The largest absolute Gasteiger partial charge is 0.271 e. The summed E-state index contributed by atoms with van der Waals surface area (Å²) in [7, 11) is 0. The minimum absolute atomic E-state index is 0.191. The summed E-state index contributed by atoms with van der Waals surface area (Å²) in [6, 6.07) is -1.09. The molecule has 1 atom stereocenters. The molecular weight excluding hydrogens is 267 g/mol. The van der Waals surface area contributed by atoms with Crippen molar-refractivity contribution in [1.29, 1.82) is 0 Å². The van der Waals surface area contributed by atoms with Crippen LogP contribution >= 0.6 is 0 Å². The molecule has 0 spiro atoms. The molecule has 1 aliphatic rings. The number of rotatable bonds is 4. The number of hydrazine groups is 1. The van der Waals surface area contributed by atoms with Crippen molar-refractivity contribution >= 4 is 0 Å². The van der Waals surface area contributed by atoms with Crippen LogP contribution in [-0.4, -0.2) is 0 Å². The molecule has 1 aromatic carbocycles. The fraction of sp³-hybridized carbons (Fsp3) is 0.500. The van der Waals surface area contributed by atoms with Crippen molar-refractivity contribution in [3.63, 3.8) is 0 Å². The molecule has 1 unspecified atom stereocenters. The highest BCUT2D eigenvalue weighted by Gasteiger charge is 2.32. The van der Waals surface area contributed by atoms with Gasteiger partial charge in [0, 0.05) is 5.56 Å². The summed E-state index contributed by atoms with van der Waals surface area (Å²) in [6.45, 7) is 0. The van der Waals surface area contributed by atoms with Gasteiger partial charge in [-0.05, 0) is 12.3 Å². The van der Waals surface area contributed by atoms with Crippen LogP contribution in [0.1, 0.15) is 37.3 Å². The lowest BCUT2D eigenvalue weighted by atomic mass is 9.79. The molecule has 0 aliphatic heterocycles. The minimum atomic E-state index is -2.15. The van der Waals surface area contributed by atoms with Gasteiger partial charge in [0.2, 0.25) is 5.82 Å². The van der Waals surface area contributed by atoms with Crippen molar-refractivity contribution in [2.75, 3.05) is 0 Å². The van der Waals surface area contributed by atoms with Gasteiger partial charge in [-0.25, -0.2) is 22.0 Å². The summed E-state index contributed by atoms with van der Waals surface area (Å²) in [5, 5.41) is 0. The van der Waals surface area contributed by atoms with Crippen LogP contribution in [0.4, 0.5) is 22.0 Å². The molecule has 0 radical (unpaired) electrons. The Hall–Kier alpha value is -1.21. The van der Waals surface area contributed by atoms with Crippen LogP contribution in [0.15, 0.2) is 0 Å². The monoisotopic (exact) mass is 280 g/mol. The van der Waals surface area contributed by atoms with Crippen molar-refractivity contribution in [3.8, 4) is 0 Å². The van der Waals surface area contributed by atoms with E-state index in [9.17, 15) is 22.0 Å². The number of nitrogens with two attached hydrogens (primary N) is 1. The van der Waals surface area contributed by atoms with Crippen LogP contribution in [0.25, 0.3) is 0 Å². The molecule has 1 saturated carbocycles. The van der Waals surface area contributed by atoms with Gasteiger partial charge in [0.25, 0.3) is 0 Å². The van der Waals surface area contributed by atoms with E-state index in [2.05, 4.69) is 5.43 Å². The summed E-state index contributed by atoms with van der Waals surface area (Å²) in [5.74, 6) is -4.30. The first-order valence-electron chi connectivity index (χ1n) is 5.94. The lowest BCUT2D eigenvalue weighted by Crippen LogP contribution is -2.33. The Bertz CT molecular complexity index is 458. The quantitative estimate of drug-likeness (QED) is 0.292.